The van der Waals surface area contributed by atoms with Crippen LogP contribution in [0.4, 0.5) is 0 Å². The molecule has 0 fully saturated rings. The predicted molar refractivity (Wildman–Crippen MR) is 85.8 cm³/mol. The topological polar surface area (TPSA) is 58.6 Å². The van der Waals surface area contributed by atoms with Crippen molar-refractivity contribution in [2.75, 3.05) is 34.3 Å². The first-order valence-electron chi connectivity index (χ1n) is 6.75. The largest absolute Gasteiger partial charge is 0.496 e. The van der Waals surface area contributed by atoms with E-state index in [2.05, 4.69) is 21.2 Å². The van der Waals surface area contributed by atoms with Gasteiger partial charge < -0.3 is 15.0 Å². The number of amides is 1. The minimum absolute atomic E-state index is 0.0347. The first kappa shape index (κ1) is 17.7. The van der Waals surface area contributed by atoms with Gasteiger partial charge in [-0.3, -0.25) is 9.59 Å². The summed E-state index contributed by atoms with van der Waals surface area (Å²) in [6, 6.07) is 5.26. The van der Waals surface area contributed by atoms with Crippen molar-refractivity contribution in [1.82, 2.24) is 10.2 Å². The van der Waals surface area contributed by atoms with Crippen LogP contribution in [0.1, 0.15) is 23.2 Å². The number of benzene rings is 1. The van der Waals surface area contributed by atoms with Crippen molar-refractivity contribution in [2.24, 2.45) is 0 Å². The van der Waals surface area contributed by atoms with Gasteiger partial charge >= 0.3 is 0 Å². The summed E-state index contributed by atoms with van der Waals surface area (Å²) in [5.41, 5.74) is 0.498. The molecule has 6 heteroatoms. The van der Waals surface area contributed by atoms with E-state index in [1.54, 1.807) is 24.1 Å². The number of hydrogen-bond donors (Lipinski definition) is 1. The molecule has 0 heterocycles. The fourth-order valence-corrected chi connectivity index (χ4v) is 2.21. The molecule has 0 aliphatic carbocycles. The fraction of sp³-hybridized carbons (Fsp3) is 0.467. The van der Waals surface area contributed by atoms with Crippen molar-refractivity contribution in [2.45, 2.75) is 12.8 Å². The molecule has 21 heavy (non-hydrogen) atoms. The van der Waals surface area contributed by atoms with Crippen molar-refractivity contribution in [3.05, 3.63) is 28.2 Å². The van der Waals surface area contributed by atoms with Gasteiger partial charge in [0.2, 0.25) is 5.91 Å². The fourth-order valence-electron chi connectivity index (χ4n) is 1.85. The molecule has 0 aliphatic heterocycles. The second-order valence-corrected chi connectivity index (χ2v) is 5.60. The summed E-state index contributed by atoms with van der Waals surface area (Å²) in [5.74, 6) is 0.398. The average molecular weight is 357 g/mol. The molecule has 0 spiro atoms. The number of ketones is 1. The molecular weight excluding hydrogens is 336 g/mol. The van der Waals surface area contributed by atoms with Crippen molar-refractivity contribution >= 4 is 27.6 Å². The zero-order chi connectivity index (χ0) is 15.8. The summed E-state index contributed by atoms with van der Waals surface area (Å²) in [7, 11) is 5.10. The van der Waals surface area contributed by atoms with E-state index in [1.165, 1.54) is 7.11 Å². The molecular formula is C15H21BrN2O3. The molecule has 1 aromatic rings. The van der Waals surface area contributed by atoms with Gasteiger partial charge in [-0.05, 0) is 25.2 Å². The summed E-state index contributed by atoms with van der Waals surface area (Å²) in [6.45, 7) is 1.36. The second-order valence-electron chi connectivity index (χ2n) is 4.69. The van der Waals surface area contributed by atoms with Crippen LogP contribution in [0.2, 0.25) is 0 Å². The van der Waals surface area contributed by atoms with E-state index in [4.69, 9.17) is 4.74 Å². The van der Waals surface area contributed by atoms with Crippen molar-refractivity contribution in [3.8, 4) is 5.75 Å². The molecule has 0 saturated carbocycles. The third-order valence-electron chi connectivity index (χ3n) is 3.15. The lowest BCUT2D eigenvalue weighted by Crippen LogP contribution is -2.32. The molecule has 1 N–H and O–H groups in total. The van der Waals surface area contributed by atoms with Gasteiger partial charge in [0.25, 0.3) is 0 Å². The van der Waals surface area contributed by atoms with Crippen LogP contribution in [0.15, 0.2) is 22.7 Å². The number of methoxy groups -OCH3 is 1. The molecule has 0 radical (unpaired) electrons. The third-order valence-corrected chi connectivity index (χ3v) is 3.64. The Bertz CT molecular complexity index is 506. The molecule has 0 bridgehead atoms. The van der Waals surface area contributed by atoms with Crippen molar-refractivity contribution in [1.29, 1.82) is 0 Å². The molecule has 5 nitrogen and oxygen atoms in total. The van der Waals surface area contributed by atoms with Crippen LogP contribution in [0, 0.1) is 0 Å². The summed E-state index contributed by atoms with van der Waals surface area (Å²) in [4.78, 5) is 25.8. The quantitative estimate of drug-likeness (QED) is 0.724. The van der Waals surface area contributed by atoms with Gasteiger partial charge in [-0.1, -0.05) is 15.9 Å². The Morgan fingerprint density at radius 1 is 1.33 bits per heavy atom. The number of carbonyl (C=O) groups is 2. The van der Waals surface area contributed by atoms with Gasteiger partial charge in [-0.25, -0.2) is 0 Å². The Kier molecular flexibility index (Phi) is 7.39. The minimum atomic E-state index is -0.0940. The van der Waals surface area contributed by atoms with E-state index < -0.39 is 0 Å². The molecule has 116 valence electrons. The Hall–Kier alpha value is -1.40. The molecule has 0 unspecified atom stereocenters. The number of rotatable bonds is 8. The zero-order valence-electron chi connectivity index (χ0n) is 12.6. The van der Waals surface area contributed by atoms with Crippen LogP contribution in [0.25, 0.3) is 0 Å². The smallest absolute Gasteiger partial charge is 0.222 e. The molecule has 0 aromatic heterocycles. The Balaban J connectivity index is 2.61. The van der Waals surface area contributed by atoms with Gasteiger partial charge in [-0.2, -0.15) is 0 Å². The second kappa shape index (κ2) is 8.79. The maximum absolute atomic E-state index is 12.2. The van der Waals surface area contributed by atoms with E-state index in [0.29, 0.717) is 17.9 Å². The van der Waals surface area contributed by atoms with Crippen LogP contribution in [-0.2, 0) is 4.79 Å². The SMILES string of the molecule is CNCCN(C)C(=O)CCC(=O)c1cc(Br)ccc1OC. The number of ether oxygens (including phenoxy) is 1. The van der Waals surface area contributed by atoms with Crippen LogP contribution in [-0.4, -0.2) is 50.9 Å². The summed E-state index contributed by atoms with van der Waals surface area (Å²) < 4.78 is 5.99. The monoisotopic (exact) mass is 356 g/mol. The van der Waals surface area contributed by atoms with Crippen LogP contribution >= 0.6 is 15.9 Å². The summed E-state index contributed by atoms with van der Waals surface area (Å²) in [6.07, 6.45) is 0.379. The molecule has 1 rings (SSSR count). The number of Topliss-reactive ketones (excluding diaryl/α,β-unsaturated/α-hetero) is 1. The van der Waals surface area contributed by atoms with Crippen LogP contribution < -0.4 is 10.1 Å². The number of nitrogens with zero attached hydrogens (tertiary/aromatic N) is 1. The van der Waals surface area contributed by atoms with E-state index in [9.17, 15) is 9.59 Å². The van der Waals surface area contributed by atoms with E-state index >= 15 is 0 Å². The van der Waals surface area contributed by atoms with E-state index in [1.807, 2.05) is 13.1 Å². The van der Waals surface area contributed by atoms with Crippen molar-refractivity contribution < 1.29 is 14.3 Å². The highest BCUT2D eigenvalue weighted by Crippen LogP contribution is 2.24. The summed E-state index contributed by atoms with van der Waals surface area (Å²) in [5, 5.41) is 2.98. The Morgan fingerprint density at radius 3 is 2.67 bits per heavy atom. The standard InChI is InChI=1S/C15H21BrN2O3/c1-17-8-9-18(2)15(20)7-5-13(19)12-10-11(16)4-6-14(12)21-3/h4,6,10,17H,5,7-9H2,1-3H3. The highest BCUT2D eigenvalue weighted by atomic mass is 79.9. The lowest BCUT2D eigenvalue weighted by molar-refractivity contribution is -0.129. The maximum Gasteiger partial charge on any atom is 0.222 e. The highest BCUT2D eigenvalue weighted by Gasteiger charge is 2.16. The van der Waals surface area contributed by atoms with Gasteiger partial charge in [0.15, 0.2) is 5.78 Å². The molecule has 1 aromatic carbocycles. The summed E-state index contributed by atoms with van der Waals surface area (Å²) >= 11 is 3.34. The minimum Gasteiger partial charge on any atom is -0.496 e. The number of hydrogen-bond acceptors (Lipinski definition) is 4. The maximum atomic E-state index is 12.2. The Morgan fingerprint density at radius 2 is 2.05 bits per heavy atom. The van der Waals surface area contributed by atoms with Crippen LogP contribution in [0.3, 0.4) is 0 Å². The Labute approximate surface area is 133 Å². The molecule has 0 saturated heterocycles. The molecule has 0 atom stereocenters. The first-order valence-corrected chi connectivity index (χ1v) is 7.54. The lowest BCUT2D eigenvalue weighted by atomic mass is 10.1. The van der Waals surface area contributed by atoms with E-state index in [0.717, 1.165) is 11.0 Å². The predicted octanol–water partition coefficient (Wildman–Crippen LogP) is 2.10. The van der Waals surface area contributed by atoms with Crippen molar-refractivity contribution in [3.63, 3.8) is 0 Å². The highest BCUT2D eigenvalue weighted by molar-refractivity contribution is 9.10. The molecule has 1 amide bonds. The first-order chi connectivity index (χ1) is 9.99. The van der Waals surface area contributed by atoms with Gasteiger partial charge in [0, 0.05) is 37.5 Å². The van der Waals surface area contributed by atoms with Gasteiger partial charge in [0.1, 0.15) is 5.75 Å². The zero-order valence-corrected chi connectivity index (χ0v) is 14.2. The number of carbonyl (C=O) groups excluding carboxylic acids is 2. The van der Waals surface area contributed by atoms with Crippen LogP contribution in [0.5, 0.6) is 5.75 Å². The van der Waals surface area contributed by atoms with Gasteiger partial charge in [-0.15, -0.1) is 0 Å². The number of likely N-dealkylation sites (N-methyl/N-ethyl adjacent to an activating group) is 2. The number of nitrogens with one attached hydrogen (secondary N) is 1. The van der Waals surface area contributed by atoms with E-state index in [-0.39, 0.29) is 24.5 Å². The molecule has 0 aliphatic rings. The average Bonchev–Trinajstić information content (AvgIpc) is 2.49. The van der Waals surface area contributed by atoms with Gasteiger partial charge in [0.05, 0.1) is 12.7 Å². The third kappa shape index (κ3) is 5.47. The number of halogens is 1. The lowest BCUT2D eigenvalue weighted by Gasteiger charge is -2.16. The normalized spacial score (nSPS) is 10.3.